The van der Waals surface area contributed by atoms with Gasteiger partial charge in [-0.3, -0.25) is 4.68 Å². The van der Waals surface area contributed by atoms with Crippen molar-refractivity contribution < 1.29 is 9.13 Å². The molecule has 0 fully saturated rings. The first-order valence-corrected chi connectivity index (χ1v) is 7.06. The SMILES string of the molecule is CCOc1nc(Nc2cnn(CCF)c2C)nc2[nH]ccc12. The van der Waals surface area contributed by atoms with Crippen LogP contribution >= 0.6 is 0 Å². The highest BCUT2D eigenvalue weighted by Crippen LogP contribution is 2.25. The summed E-state index contributed by atoms with van der Waals surface area (Å²) in [5, 5.41) is 8.07. The van der Waals surface area contributed by atoms with Crippen LogP contribution in [0, 0.1) is 6.92 Å². The monoisotopic (exact) mass is 304 g/mol. The first-order chi connectivity index (χ1) is 10.7. The molecule has 0 amide bonds. The summed E-state index contributed by atoms with van der Waals surface area (Å²) < 4.78 is 19.6. The van der Waals surface area contributed by atoms with E-state index >= 15 is 0 Å². The molecule has 22 heavy (non-hydrogen) atoms. The van der Waals surface area contributed by atoms with Gasteiger partial charge in [-0.25, -0.2) is 4.39 Å². The molecular formula is C14H17FN6O. The van der Waals surface area contributed by atoms with E-state index in [-0.39, 0.29) is 6.54 Å². The third-order valence-electron chi connectivity index (χ3n) is 3.31. The van der Waals surface area contributed by atoms with Gasteiger partial charge in [-0.2, -0.15) is 15.1 Å². The fraction of sp³-hybridized carbons (Fsp3) is 0.357. The Morgan fingerprint density at radius 2 is 2.27 bits per heavy atom. The lowest BCUT2D eigenvalue weighted by Crippen LogP contribution is -2.05. The molecule has 8 heteroatoms. The predicted octanol–water partition coefficient (Wildman–Crippen LogP) is 2.57. The molecule has 0 saturated carbocycles. The summed E-state index contributed by atoms with van der Waals surface area (Å²) in [7, 11) is 0. The molecule has 0 aliphatic carbocycles. The summed E-state index contributed by atoms with van der Waals surface area (Å²) in [6.45, 7) is 4.06. The number of H-pyrrole nitrogens is 1. The smallest absolute Gasteiger partial charge is 0.232 e. The highest BCUT2D eigenvalue weighted by molar-refractivity contribution is 5.82. The maximum Gasteiger partial charge on any atom is 0.232 e. The van der Waals surface area contributed by atoms with Gasteiger partial charge in [0, 0.05) is 6.20 Å². The third-order valence-corrected chi connectivity index (χ3v) is 3.31. The number of aromatic nitrogens is 5. The number of hydrogen-bond donors (Lipinski definition) is 2. The van der Waals surface area contributed by atoms with E-state index in [1.54, 1.807) is 17.1 Å². The van der Waals surface area contributed by atoms with Crippen LogP contribution in [0.3, 0.4) is 0 Å². The van der Waals surface area contributed by atoms with E-state index < -0.39 is 6.67 Å². The summed E-state index contributed by atoms with van der Waals surface area (Å²) in [6, 6.07) is 1.87. The van der Waals surface area contributed by atoms with Crippen molar-refractivity contribution in [3.8, 4) is 5.88 Å². The van der Waals surface area contributed by atoms with Crippen molar-refractivity contribution in [3.63, 3.8) is 0 Å². The lowest BCUT2D eigenvalue weighted by atomic mass is 10.4. The highest BCUT2D eigenvalue weighted by atomic mass is 19.1. The Bertz CT molecular complexity index is 781. The van der Waals surface area contributed by atoms with Crippen molar-refractivity contribution in [1.82, 2.24) is 24.7 Å². The first kappa shape index (κ1) is 14.3. The van der Waals surface area contributed by atoms with Gasteiger partial charge in [0.2, 0.25) is 11.8 Å². The second-order valence-electron chi connectivity index (χ2n) is 4.71. The van der Waals surface area contributed by atoms with Crippen molar-refractivity contribution in [2.24, 2.45) is 0 Å². The molecule has 0 spiro atoms. The van der Waals surface area contributed by atoms with Gasteiger partial charge in [-0.05, 0) is 19.9 Å². The first-order valence-electron chi connectivity index (χ1n) is 7.06. The van der Waals surface area contributed by atoms with Crippen LogP contribution in [0.2, 0.25) is 0 Å². The lowest BCUT2D eigenvalue weighted by molar-refractivity contribution is 0.331. The van der Waals surface area contributed by atoms with E-state index in [1.807, 2.05) is 19.9 Å². The molecule has 0 saturated heterocycles. The van der Waals surface area contributed by atoms with Crippen molar-refractivity contribution >= 4 is 22.7 Å². The van der Waals surface area contributed by atoms with Crippen LogP contribution < -0.4 is 10.1 Å². The van der Waals surface area contributed by atoms with E-state index in [9.17, 15) is 4.39 Å². The molecule has 3 aromatic rings. The molecule has 0 aromatic carbocycles. The number of nitrogens with zero attached hydrogens (tertiary/aromatic N) is 4. The van der Waals surface area contributed by atoms with Crippen LogP contribution in [-0.2, 0) is 6.54 Å². The van der Waals surface area contributed by atoms with Gasteiger partial charge in [-0.1, -0.05) is 0 Å². The number of halogens is 1. The van der Waals surface area contributed by atoms with E-state index in [0.717, 1.165) is 16.8 Å². The maximum absolute atomic E-state index is 12.4. The summed E-state index contributed by atoms with van der Waals surface area (Å²) in [5.74, 6) is 0.923. The molecule has 0 aliphatic heterocycles. The number of fused-ring (bicyclic) bond motifs is 1. The highest BCUT2D eigenvalue weighted by Gasteiger charge is 2.12. The molecule has 2 N–H and O–H groups in total. The van der Waals surface area contributed by atoms with Crippen molar-refractivity contribution in [1.29, 1.82) is 0 Å². The lowest BCUT2D eigenvalue weighted by Gasteiger charge is -2.08. The van der Waals surface area contributed by atoms with E-state index in [0.29, 0.717) is 24.1 Å². The largest absolute Gasteiger partial charge is 0.477 e. The minimum atomic E-state index is -0.457. The molecule has 0 unspecified atom stereocenters. The van der Waals surface area contributed by atoms with E-state index in [2.05, 4.69) is 25.4 Å². The minimum absolute atomic E-state index is 0.230. The molecule has 3 rings (SSSR count). The number of rotatable bonds is 6. The van der Waals surface area contributed by atoms with Crippen LogP contribution in [0.5, 0.6) is 5.88 Å². The van der Waals surface area contributed by atoms with Crippen LogP contribution in [0.25, 0.3) is 11.0 Å². The number of aromatic amines is 1. The second-order valence-corrected chi connectivity index (χ2v) is 4.71. The van der Waals surface area contributed by atoms with Gasteiger partial charge in [0.15, 0.2) is 0 Å². The standard InChI is InChI=1S/C14H17FN6O/c1-3-22-13-10-4-6-16-12(10)19-14(20-13)18-11-8-17-21(7-5-15)9(11)2/h4,6,8H,3,5,7H2,1-2H3,(H2,16,18,19,20). The molecule has 116 valence electrons. The average molecular weight is 304 g/mol. The Kier molecular flexibility index (Phi) is 3.90. The average Bonchev–Trinajstić information content (AvgIpc) is 3.10. The van der Waals surface area contributed by atoms with Gasteiger partial charge in [0.25, 0.3) is 0 Å². The number of aryl methyl sites for hydroxylation is 1. The number of anilines is 2. The van der Waals surface area contributed by atoms with Crippen molar-refractivity contribution in [3.05, 3.63) is 24.2 Å². The number of ether oxygens (including phenoxy) is 1. The molecule has 3 heterocycles. The van der Waals surface area contributed by atoms with Crippen LogP contribution in [0.15, 0.2) is 18.5 Å². The van der Waals surface area contributed by atoms with E-state index in [4.69, 9.17) is 4.74 Å². The Morgan fingerprint density at radius 3 is 3.05 bits per heavy atom. The quantitative estimate of drug-likeness (QED) is 0.731. The fourth-order valence-corrected chi connectivity index (χ4v) is 2.21. The third kappa shape index (κ3) is 2.59. The molecule has 0 radical (unpaired) electrons. The van der Waals surface area contributed by atoms with Crippen LogP contribution in [0.1, 0.15) is 12.6 Å². The van der Waals surface area contributed by atoms with Gasteiger partial charge in [0.05, 0.1) is 36.1 Å². The summed E-state index contributed by atoms with van der Waals surface area (Å²) in [6.07, 6.45) is 3.42. The Morgan fingerprint density at radius 1 is 1.41 bits per heavy atom. The number of nitrogens with one attached hydrogen (secondary N) is 2. The zero-order valence-corrected chi connectivity index (χ0v) is 12.4. The predicted molar refractivity (Wildman–Crippen MR) is 81.3 cm³/mol. The van der Waals surface area contributed by atoms with Crippen molar-refractivity contribution in [2.45, 2.75) is 20.4 Å². The minimum Gasteiger partial charge on any atom is -0.477 e. The van der Waals surface area contributed by atoms with Gasteiger partial charge in [0.1, 0.15) is 12.3 Å². The van der Waals surface area contributed by atoms with Gasteiger partial charge in [-0.15, -0.1) is 0 Å². The topological polar surface area (TPSA) is 80.7 Å². The maximum atomic E-state index is 12.4. The normalized spacial score (nSPS) is 11.0. The molecule has 0 atom stereocenters. The van der Waals surface area contributed by atoms with E-state index in [1.165, 1.54) is 0 Å². The zero-order chi connectivity index (χ0) is 15.5. The molecule has 0 aliphatic rings. The Hall–Kier alpha value is -2.64. The summed E-state index contributed by atoms with van der Waals surface area (Å²) in [5.41, 5.74) is 2.25. The summed E-state index contributed by atoms with van der Waals surface area (Å²) >= 11 is 0. The molecule has 0 bridgehead atoms. The fourth-order valence-electron chi connectivity index (χ4n) is 2.21. The number of alkyl halides is 1. The molecule has 7 nitrogen and oxygen atoms in total. The van der Waals surface area contributed by atoms with Crippen molar-refractivity contribution in [2.75, 3.05) is 18.6 Å². The molecule has 3 aromatic heterocycles. The van der Waals surface area contributed by atoms with Crippen LogP contribution in [-0.4, -0.2) is 38.0 Å². The second kappa shape index (κ2) is 6.00. The molecular weight excluding hydrogens is 287 g/mol. The van der Waals surface area contributed by atoms with Gasteiger partial charge >= 0.3 is 0 Å². The number of hydrogen-bond acceptors (Lipinski definition) is 5. The zero-order valence-electron chi connectivity index (χ0n) is 12.4. The van der Waals surface area contributed by atoms with Gasteiger partial charge < -0.3 is 15.0 Å². The van der Waals surface area contributed by atoms with Crippen LogP contribution in [0.4, 0.5) is 16.0 Å². The Labute approximate surface area is 126 Å². The summed E-state index contributed by atoms with van der Waals surface area (Å²) in [4.78, 5) is 11.8. The Balaban J connectivity index is 1.93.